The van der Waals surface area contributed by atoms with E-state index in [4.69, 9.17) is 13.9 Å². The van der Waals surface area contributed by atoms with Crippen molar-refractivity contribution in [3.8, 4) is 5.75 Å². The molecule has 9 heteroatoms. The maximum atomic E-state index is 13.4. The van der Waals surface area contributed by atoms with Crippen LogP contribution >= 0.6 is 11.3 Å². The quantitative estimate of drug-likeness (QED) is 0.478. The summed E-state index contributed by atoms with van der Waals surface area (Å²) in [6.45, 7) is 0.510. The molecule has 0 aliphatic carbocycles. The summed E-state index contributed by atoms with van der Waals surface area (Å²) in [6.07, 6.45) is 2.08. The van der Waals surface area contributed by atoms with Gasteiger partial charge in [-0.15, -0.1) is 11.3 Å². The third kappa shape index (κ3) is 5.15. The first-order valence-electron chi connectivity index (χ1n) is 10.5. The number of hydrogen-bond acceptors (Lipinski definition) is 7. The number of amides is 2. The Labute approximate surface area is 196 Å². The van der Waals surface area contributed by atoms with Crippen molar-refractivity contribution >= 4 is 28.9 Å². The van der Waals surface area contributed by atoms with Gasteiger partial charge in [-0.25, -0.2) is 5.01 Å². The molecule has 0 fully saturated rings. The molecule has 33 heavy (non-hydrogen) atoms. The summed E-state index contributed by atoms with van der Waals surface area (Å²) < 4.78 is 16.0. The average Bonchev–Trinajstić information content (AvgIpc) is 3.62. The van der Waals surface area contributed by atoms with Gasteiger partial charge in [0.15, 0.2) is 0 Å². The number of hydrogen-bond donors (Lipinski definition) is 0. The summed E-state index contributed by atoms with van der Waals surface area (Å²) in [5.74, 6) is 0.891. The number of nitrogens with zero attached hydrogens (tertiary/aromatic N) is 3. The van der Waals surface area contributed by atoms with Crippen LogP contribution in [0.15, 0.2) is 69.7 Å². The number of ether oxygens (including phenoxy) is 2. The second-order valence-electron chi connectivity index (χ2n) is 7.45. The molecule has 1 atom stereocenters. The number of rotatable bonds is 9. The summed E-state index contributed by atoms with van der Waals surface area (Å²) in [5.41, 5.74) is 1.66. The van der Waals surface area contributed by atoms with Gasteiger partial charge < -0.3 is 18.8 Å². The molecule has 0 bridgehead atoms. The van der Waals surface area contributed by atoms with Crippen LogP contribution < -0.4 is 4.74 Å². The van der Waals surface area contributed by atoms with Gasteiger partial charge in [0.25, 0.3) is 11.8 Å². The lowest BCUT2D eigenvalue weighted by Crippen LogP contribution is -2.42. The van der Waals surface area contributed by atoms with E-state index in [9.17, 15) is 9.59 Å². The van der Waals surface area contributed by atoms with E-state index in [0.717, 1.165) is 17.0 Å². The number of benzene rings is 1. The molecule has 4 rings (SSSR count). The molecule has 0 saturated carbocycles. The fraction of sp³-hybridized carbons (Fsp3) is 0.292. The molecular formula is C24H25N3O5S. The molecule has 1 aromatic carbocycles. The predicted molar refractivity (Wildman–Crippen MR) is 125 cm³/mol. The largest absolute Gasteiger partial charge is 0.497 e. The van der Waals surface area contributed by atoms with Crippen molar-refractivity contribution in [3.05, 3.63) is 76.4 Å². The molecule has 1 aliphatic heterocycles. The van der Waals surface area contributed by atoms with E-state index in [-0.39, 0.29) is 24.4 Å². The van der Waals surface area contributed by atoms with Gasteiger partial charge in [-0.1, -0.05) is 6.07 Å². The van der Waals surface area contributed by atoms with E-state index >= 15 is 0 Å². The molecule has 1 aliphatic rings. The van der Waals surface area contributed by atoms with E-state index in [0.29, 0.717) is 30.2 Å². The molecule has 172 valence electrons. The Balaban J connectivity index is 1.58. The topological polar surface area (TPSA) is 84.6 Å². The molecular weight excluding hydrogens is 442 g/mol. The Hall–Kier alpha value is -3.43. The highest BCUT2D eigenvalue weighted by molar-refractivity contribution is 7.12. The number of carbonyl (C=O) groups excluding carboxylic acids is 2. The summed E-state index contributed by atoms with van der Waals surface area (Å²) in [4.78, 5) is 28.4. The second kappa shape index (κ2) is 10.5. The van der Waals surface area contributed by atoms with Gasteiger partial charge in [-0.05, 0) is 53.4 Å². The van der Waals surface area contributed by atoms with Crippen LogP contribution in [0.25, 0.3) is 0 Å². The van der Waals surface area contributed by atoms with Crippen LogP contribution in [0.2, 0.25) is 0 Å². The van der Waals surface area contributed by atoms with Crippen molar-refractivity contribution in [2.75, 3.05) is 33.9 Å². The molecule has 0 saturated heterocycles. The Kier molecular flexibility index (Phi) is 7.21. The van der Waals surface area contributed by atoms with Crippen molar-refractivity contribution < 1.29 is 23.5 Å². The van der Waals surface area contributed by atoms with Gasteiger partial charge in [0.05, 0.1) is 30.6 Å². The van der Waals surface area contributed by atoms with E-state index in [1.807, 2.05) is 41.8 Å². The second-order valence-corrected chi connectivity index (χ2v) is 8.39. The summed E-state index contributed by atoms with van der Waals surface area (Å²) in [5, 5.41) is 7.91. The Morgan fingerprint density at radius 1 is 1.18 bits per heavy atom. The van der Waals surface area contributed by atoms with E-state index in [1.54, 1.807) is 32.6 Å². The minimum atomic E-state index is -0.384. The molecule has 2 aromatic heterocycles. The molecule has 3 aromatic rings. The van der Waals surface area contributed by atoms with E-state index in [2.05, 4.69) is 5.10 Å². The lowest BCUT2D eigenvalue weighted by atomic mass is 10.0. The van der Waals surface area contributed by atoms with Crippen LogP contribution in [0.4, 0.5) is 0 Å². The first-order valence-corrected chi connectivity index (χ1v) is 11.4. The fourth-order valence-electron chi connectivity index (χ4n) is 3.65. The number of furan rings is 1. The normalized spacial score (nSPS) is 15.4. The minimum absolute atomic E-state index is 0.114. The number of carbonyl (C=O) groups is 2. The van der Waals surface area contributed by atoms with Crippen molar-refractivity contribution in [2.24, 2.45) is 5.10 Å². The van der Waals surface area contributed by atoms with E-state index in [1.165, 1.54) is 21.2 Å². The third-order valence-corrected chi connectivity index (χ3v) is 6.23. The first kappa shape index (κ1) is 22.8. The number of methoxy groups -OCH3 is 2. The molecule has 0 radical (unpaired) electrons. The summed E-state index contributed by atoms with van der Waals surface area (Å²) >= 11 is 1.34. The Morgan fingerprint density at radius 2 is 2.00 bits per heavy atom. The molecule has 2 amide bonds. The van der Waals surface area contributed by atoms with Crippen LogP contribution in [0.1, 0.15) is 33.5 Å². The molecule has 8 nitrogen and oxygen atoms in total. The molecule has 0 spiro atoms. The zero-order chi connectivity index (χ0) is 23.2. The highest BCUT2D eigenvalue weighted by atomic mass is 32.1. The van der Waals surface area contributed by atoms with Gasteiger partial charge >= 0.3 is 0 Å². The number of hydrazone groups is 1. The Bertz CT molecular complexity index is 1090. The van der Waals surface area contributed by atoms with Gasteiger partial charge in [-0.2, -0.15) is 5.10 Å². The third-order valence-electron chi connectivity index (χ3n) is 5.37. The van der Waals surface area contributed by atoms with Gasteiger partial charge in [0.1, 0.15) is 24.1 Å². The lowest BCUT2D eigenvalue weighted by Gasteiger charge is -2.25. The Morgan fingerprint density at radius 3 is 2.64 bits per heavy atom. The van der Waals surface area contributed by atoms with Crippen LogP contribution in [0, 0.1) is 0 Å². The fourth-order valence-corrected chi connectivity index (χ4v) is 4.34. The monoisotopic (exact) mass is 467 g/mol. The summed E-state index contributed by atoms with van der Waals surface area (Å²) in [7, 11) is 3.18. The van der Waals surface area contributed by atoms with Crippen LogP contribution in [0.3, 0.4) is 0 Å². The number of thiophene rings is 1. The van der Waals surface area contributed by atoms with Crippen molar-refractivity contribution in [1.29, 1.82) is 0 Å². The van der Waals surface area contributed by atoms with Crippen LogP contribution in [-0.2, 0) is 9.53 Å². The summed E-state index contributed by atoms with van der Waals surface area (Å²) in [6, 6.07) is 14.3. The highest BCUT2D eigenvalue weighted by Crippen LogP contribution is 2.33. The predicted octanol–water partition coefficient (Wildman–Crippen LogP) is 3.82. The van der Waals surface area contributed by atoms with Crippen molar-refractivity contribution in [2.45, 2.75) is 12.5 Å². The van der Waals surface area contributed by atoms with Gasteiger partial charge in [-0.3, -0.25) is 9.59 Å². The standard InChI is InChI=1S/C24H25N3O5S/c1-30-13-11-26(24(29)22-6-4-14-33-22)16-23(28)27-20(21-5-3-12-32-21)15-19(25-27)17-7-9-18(31-2)10-8-17/h3-10,12,14,20H,11,13,15-16H2,1-2H3/t20-/m0/s1. The van der Waals surface area contributed by atoms with Crippen molar-refractivity contribution in [3.63, 3.8) is 0 Å². The molecule has 0 N–H and O–H groups in total. The molecule has 0 unspecified atom stereocenters. The van der Waals surface area contributed by atoms with Crippen molar-refractivity contribution in [1.82, 2.24) is 9.91 Å². The van der Waals surface area contributed by atoms with Crippen LogP contribution in [-0.4, -0.2) is 61.4 Å². The zero-order valence-electron chi connectivity index (χ0n) is 18.5. The van der Waals surface area contributed by atoms with Gasteiger partial charge in [0.2, 0.25) is 0 Å². The smallest absolute Gasteiger partial charge is 0.264 e. The van der Waals surface area contributed by atoms with Crippen LogP contribution in [0.5, 0.6) is 5.75 Å². The minimum Gasteiger partial charge on any atom is -0.497 e. The highest BCUT2D eigenvalue weighted by Gasteiger charge is 2.36. The maximum Gasteiger partial charge on any atom is 0.264 e. The SMILES string of the molecule is COCCN(CC(=O)N1N=C(c2ccc(OC)cc2)C[C@H]1c1ccco1)C(=O)c1cccs1. The lowest BCUT2D eigenvalue weighted by molar-refractivity contribution is -0.134. The first-order chi connectivity index (χ1) is 16.1. The zero-order valence-corrected chi connectivity index (χ0v) is 19.3. The molecule has 3 heterocycles. The maximum absolute atomic E-state index is 13.4. The van der Waals surface area contributed by atoms with E-state index < -0.39 is 0 Å². The average molecular weight is 468 g/mol. The van der Waals surface area contributed by atoms with Gasteiger partial charge in [0, 0.05) is 20.1 Å².